The zero-order valence-corrected chi connectivity index (χ0v) is 31.1. The number of nitrogens with zero attached hydrogens (tertiary/aromatic N) is 1. The zero-order chi connectivity index (χ0) is 42.3. The summed E-state index contributed by atoms with van der Waals surface area (Å²) in [5.74, 6) is 0. The average Bonchev–Trinajstić information content (AvgIpc) is 3.33. The largest absolute Gasteiger partial charge is 0.310 e. The van der Waals surface area contributed by atoms with Crippen LogP contribution < -0.4 is 4.90 Å². The first kappa shape index (κ1) is 28.9. The molecule has 57 heavy (non-hydrogen) atoms. The van der Waals surface area contributed by atoms with Crippen molar-refractivity contribution in [2.24, 2.45) is 0 Å². The Morgan fingerprint density at radius 1 is 0.281 bits per heavy atom. The van der Waals surface area contributed by atoms with E-state index in [0.29, 0.717) is 5.56 Å². The lowest BCUT2D eigenvalue weighted by atomic mass is 9.95. The molecule has 0 bridgehead atoms. The van der Waals surface area contributed by atoms with Crippen molar-refractivity contribution in [3.8, 4) is 55.6 Å². The molecule has 0 aromatic heterocycles. The molecule has 10 aromatic carbocycles. The van der Waals surface area contributed by atoms with Crippen LogP contribution in [0.1, 0.15) is 6.85 Å². The van der Waals surface area contributed by atoms with Gasteiger partial charge in [0.1, 0.15) is 0 Å². The predicted octanol–water partition coefficient (Wildman–Crippen LogP) is 15.8. The Labute approximate surface area is 341 Å². The maximum atomic E-state index is 8.44. The summed E-state index contributed by atoms with van der Waals surface area (Å²) < 4.78 is 41.1. The Morgan fingerprint density at radius 3 is 1.28 bits per heavy atom. The van der Waals surface area contributed by atoms with Gasteiger partial charge in [0, 0.05) is 17.1 Å². The van der Waals surface area contributed by atoms with Crippen LogP contribution in [0.25, 0.3) is 77.2 Å². The van der Waals surface area contributed by atoms with Gasteiger partial charge in [-0.1, -0.05) is 194 Å². The molecule has 10 aromatic rings. The van der Waals surface area contributed by atoms with Gasteiger partial charge in [-0.25, -0.2) is 0 Å². The van der Waals surface area contributed by atoms with E-state index < -0.39 is 6.04 Å². The third-order valence-corrected chi connectivity index (χ3v) is 10.8. The van der Waals surface area contributed by atoms with Gasteiger partial charge < -0.3 is 4.90 Å². The van der Waals surface area contributed by atoms with Crippen molar-refractivity contribution >= 4 is 38.6 Å². The van der Waals surface area contributed by atoms with Crippen molar-refractivity contribution in [2.45, 2.75) is 0 Å². The summed E-state index contributed by atoms with van der Waals surface area (Å²) in [6.07, 6.45) is 0. The molecule has 0 saturated heterocycles. The van der Waals surface area contributed by atoms with Crippen LogP contribution >= 0.6 is 0 Å². The topological polar surface area (TPSA) is 3.24 Å². The Balaban J connectivity index is 1.02. The van der Waals surface area contributed by atoms with Gasteiger partial charge >= 0.3 is 0 Å². The molecule has 0 heterocycles. The minimum atomic E-state index is -0.395. The first-order valence-corrected chi connectivity index (χ1v) is 19.2. The summed E-state index contributed by atoms with van der Waals surface area (Å²) >= 11 is 0. The number of benzene rings is 10. The smallest absolute Gasteiger partial charge is 0.0629 e. The SMILES string of the molecule is [2H]c1c([2H])c([2H])c(-c2ccc(-c3ccc(N(c4ccc(-c5cccc(-c6cccc7ccccc67)c5)cc4)c4cccc(-c5cccc6ccccc56)c4)cc3)cc2)c([2H])c1[2H]. The molecule has 0 atom stereocenters. The molecule has 268 valence electrons. The summed E-state index contributed by atoms with van der Waals surface area (Å²) in [5.41, 5.74) is 12.7. The summed E-state index contributed by atoms with van der Waals surface area (Å²) in [5, 5.41) is 4.86. The van der Waals surface area contributed by atoms with Crippen LogP contribution in [-0.2, 0) is 0 Å². The van der Waals surface area contributed by atoms with E-state index in [-0.39, 0.29) is 29.7 Å². The third kappa shape index (κ3) is 6.77. The van der Waals surface area contributed by atoms with Gasteiger partial charge in [-0.05, 0) is 120 Å². The molecule has 0 unspecified atom stereocenters. The Morgan fingerprint density at radius 2 is 0.702 bits per heavy atom. The quantitative estimate of drug-likeness (QED) is 0.150. The number of fused-ring (bicyclic) bond motifs is 2. The van der Waals surface area contributed by atoms with E-state index in [1.165, 1.54) is 38.2 Å². The van der Waals surface area contributed by atoms with E-state index >= 15 is 0 Å². The van der Waals surface area contributed by atoms with Gasteiger partial charge in [-0.3, -0.25) is 0 Å². The van der Waals surface area contributed by atoms with E-state index in [4.69, 9.17) is 6.85 Å². The van der Waals surface area contributed by atoms with Crippen molar-refractivity contribution in [2.75, 3.05) is 4.90 Å². The lowest BCUT2D eigenvalue weighted by molar-refractivity contribution is 1.28. The summed E-state index contributed by atoms with van der Waals surface area (Å²) in [4.78, 5) is 2.29. The van der Waals surface area contributed by atoms with Crippen LogP contribution in [0, 0.1) is 0 Å². The van der Waals surface area contributed by atoms with Gasteiger partial charge in [0.2, 0.25) is 0 Å². The minimum Gasteiger partial charge on any atom is -0.310 e. The molecule has 0 saturated carbocycles. The molecule has 10 rings (SSSR count). The lowest BCUT2D eigenvalue weighted by Gasteiger charge is -2.26. The van der Waals surface area contributed by atoms with Crippen LogP contribution in [0.2, 0.25) is 0 Å². The highest BCUT2D eigenvalue weighted by Crippen LogP contribution is 2.40. The first-order valence-electron chi connectivity index (χ1n) is 21.7. The molecule has 0 aliphatic heterocycles. The van der Waals surface area contributed by atoms with Crippen molar-refractivity contribution in [3.05, 3.63) is 236 Å². The molecule has 0 aliphatic rings. The fraction of sp³-hybridized carbons (Fsp3) is 0. The minimum absolute atomic E-state index is 0.197. The third-order valence-electron chi connectivity index (χ3n) is 10.8. The predicted molar refractivity (Wildman–Crippen MR) is 243 cm³/mol. The van der Waals surface area contributed by atoms with E-state index in [2.05, 4.69) is 187 Å². The van der Waals surface area contributed by atoms with Gasteiger partial charge in [0.25, 0.3) is 0 Å². The second-order valence-corrected chi connectivity index (χ2v) is 14.2. The Hall–Kier alpha value is -7.48. The zero-order valence-electron chi connectivity index (χ0n) is 36.1. The monoisotopic (exact) mass is 730 g/mol. The van der Waals surface area contributed by atoms with E-state index in [1.54, 1.807) is 0 Å². The molecule has 0 aliphatic carbocycles. The van der Waals surface area contributed by atoms with Gasteiger partial charge in [0.05, 0.1) is 6.85 Å². The molecule has 1 nitrogen and oxygen atoms in total. The van der Waals surface area contributed by atoms with Gasteiger partial charge in [-0.2, -0.15) is 0 Å². The molecule has 0 N–H and O–H groups in total. The molecule has 0 amide bonds. The molecule has 0 radical (unpaired) electrons. The van der Waals surface area contributed by atoms with Crippen molar-refractivity contribution < 1.29 is 6.85 Å². The number of hydrogen-bond acceptors (Lipinski definition) is 1. The number of anilines is 3. The summed E-state index contributed by atoms with van der Waals surface area (Å²) in [6.45, 7) is 0. The lowest BCUT2D eigenvalue weighted by Crippen LogP contribution is -2.10. The maximum absolute atomic E-state index is 8.44. The van der Waals surface area contributed by atoms with Crippen LogP contribution in [-0.4, -0.2) is 0 Å². The summed E-state index contributed by atoms with van der Waals surface area (Å²) in [7, 11) is 0. The van der Waals surface area contributed by atoms with Crippen LogP contribution in [0.15, 0.2) is 236 Å². The number of hydrogen-bond donors (Lipinski definition) is 0. The second-order valence-electron chi connectivity index (χ2n) is 14.2. The average molecular weight is 731 g/mol. The standard InChI is InChI=1S/C56H39N/c1-2-12-40(13-3-1)41-26-28-42(29-27-41)43-30-34-50(35-31-43)57(52-21-9-20-49(39-52)56-25-11-17-46-15-5-7-23-54(46)56)51-36-32-44(33-37-51)47-18-8-19-48(38-47)55-24-10-16-45-14-4-6-22-53(45)55/h1-39H/i1D,2D,3D,12D,13D. The van der Waals surface area contributed by atoms with Crippen molar-refractivity contribution in [1.82, 2.24) is 0 Å². The van der Waals surface area contributed by atoms with Crippen LogP contribution in [0.3, 0.4) is 0 Å². The molecular weight excluding hydrogens is 687 g/mol. The van der Waals surface area contributed by atoms with Crippen LogP contribution in [0.5, 0.6) is 0 Å². The summed E-state index contributed by atoms with van der Waals surface area (Å²) in [6, 6.07) is 70.7. The first-order chi connectivity index (χ1) is 30.3. The fourth-order valence-corrected chi connectivity index (χ4v) is 7.91. The van der Waals surface area contributed by atoms with Crippen LogP contribution in [0.4, 0.5) is 17.1 Å². The fourth-order valence-electron chi connectivity index (χ4n) is 7.91. The second kappa shape index (κ2) is 15.0. The maximum Gasteiger partial charge on any atom is 0.0629 e. The molecule has 1 heteroatoms. The van der Waals surface area contributed by atoms with Crippen molar-refractivity contribution in [1.29, 1.82) is 0 Å². The van der Waals surface area contributed by atoms with E-state index in [1.807, 2.05) is 24.3 Å². The number of rotatable bonds is 8. The highest BCUT2D eigenvalue weighted by atomic mass is 15.1. The van der Waals surface area contributed by atoms with E-state index in [0.717, 1.165) is 44.9 Å². The van der Waals surface area contributed by atoms with Gasteiger partial charge in [0.15, 0.2) is 0 Å². The highest BCUT2D eigenvalue weighted by Gasteiger charge is 2.16. The molecule has 0 spiro atoms. The molecular formula is C56H39N. The Bertz CT molecular complexity index is 3250. The Kier molecular flexibility index (Phi) is 7.59. The van der Waals surface area contributed by atoms with Gasteiger partial charge in [-0.15, -0.1) is 0 Å². The van der Waals surface area contributed by atoms with Crippen molar-refractivity contribution in [3.63, 3.8) is 0 Å². The van der Waals surface area contributed by atoms with E-state index in [9.17, 15) is 0 Å². The normalized spacial score (nSPS) is 12.4. The highest BCUT2D eigenvalue weighted by molar-refractivity contribution is 5.98. The molecule has 0 fully saturated rings.